The maximum Gasteiger partial charge on any atom is 0.254 e. The molecule has 1 aromatic carbocycles. The molecule has 3 unspecified atom stereocenters. The van der Waals surface area contributed by atoms with Gasteiger partial charge in [0.2, 0.25) is 0 Å². The number of amides is 1. The zero-order valence-corrected chi connectivity index (χ0v) is 13.6. The van der Waals surface area contributed by atoms with Gasteiger partial charge in [0.05, 0.1) is 19.3 Å². The molecule has 0 aliphatic carbocycles. The summed E-state index contributed by atoms with van der Waals surface area (Å²) in [6, 6.07) is 7.37. The van der Waals surface area contributed by atoms with E-state index in [9.17, 15) is 9.90 Å². The van der Waals surface area contributed by atoms with E-state index in [4.69, 9.17) is 9.47 Å². The molecule has 2 saturated heterocycles. The number of hydrogen-bond donors (Lipinski definition) is 1. The summed E-state index contributed by atoms with van der Waals surface area (Å²) in [6.45, 7) is 4.45. The first-order valence-electron chi connectivity index (χ1n) is 8.50. The van der Waals surface area contributed by atoms with Crippen molar-refractivity contribution in [1.82, 2.24) is 4.90 Å². The maximum absolute atomic E-state index is 12.8. The average Bonchev–Trinajstić information content (AvgIpc) is 3.05. The third kappa shape index (κ3) is 3.51. The maximum atomic E-state index is 12.8. The summed E-state index contributed by atoms with van der Waals surface area (Å²) < 4.78 is 10.9. The molecule has 23 heavy (non-hydrogen) atoms. The van der Waals surface area contributed by atoms with E-state index in [2.05, 4.69) is 0 Å². The fraction of sp³-hybridized carbons (Fsp3) is 0.611. The lowest BCUT2D eigenvalue weighted by Gasteiger charge is -2.37. The highest BCUT2D eigenvalue weighted by Crippen LogP contribution is 2.31. The first-order valence-corrected chi connectivity index (χ1v) is 8.50. The van der Waals surface area contributed by atoms with Crippen LogP contribution in [0.5, 0.6) is 5.75 Å². The fourth-order valence-corrected chi connectivity index (χ4v) is 3.63. The fourth-order valence-electron chi connectivity index (χ4n) is 3.63. The van der Waals surface area contributed by atoms with Gasteiger partial charge < -0.3 is 19.5 Å². The normalized spacial score (nSPS) is 27.9. The highest BCUT2D eigenvalue weighted by atomic mass is 16.5. The molecule has 126 valence electrons. The number of carbonyl (C=O) groups excluding carboxylic acids is 1. The van der Waals surface area contributed by atoms with Gasteiger partial charge in [-0.25, -0.2) is 0 Å². The van der Waals surface area contributed by atoms with E-state index in [1.54, 1.807) is 0 Å². The summed E-state index contributed by atoms with van der Waals surface area (Å²) >= 11 is 0. The van der Waals surface area contributed by atoms with Crippen LogP contribution in [-0.2, 0) is 4.74 Å². The third-order valence-electron chi connectivity index (χ3n) is 4.83. The molecular weight excluding hydrogens is 294 g/mol. The van der Waals surface area contributed by atoms with Crippen LogP contribution in [0.3, 0.4) is 0 Å². The molecule has 5 heteroatoms. The van der Waals surface area contributed by atoms with Gasteiger partial charge in [-0.2, -0.15) is 0 Å². The summed E-state index contributed by atoms with van der Waals surface area (Å²) in [6.07, 6.45) is 2.21. The molecule has 0 radical (unpaired) electrons. The van der Waals surface area contributed by atoms with Crippen LogP contribution in [0.25, 0.3) is 0 Å². The molecule has 2 aliphatic rings. The van der Waals surface area contributed by atoms with Gasteiger partial charge in [-0.05, 0) is 50.5 Å². The summed E-state index contributed by atoms with van der Waals surface area (Å²) in [7, 11) is 0. The highest BCUT2D eigenvalue weighted by Gasteiger charge is 2.39. The lowest BCUT2D eigenvalue weighted by molar-refractivity contribution is -0.0589. The van der Waals surface area contributed by atoms with Gasteiger partial charge in [0, 0.05) is 30.7 Å². The lowest BCUT2D eigenvalue weighted by Crippen LogP contribution is -2.48. The Morgan fingerprint density at radius 2 is 2.13 bits per heavy atom. The zero-order valence-electron chi connectivity index (χ0n) is 13.6. The van der Waals surface area contributed by atoms with Crippen LogP contribution in [0, 0.1) is 5.92 Å². The number of likely N-dealkylation sites (tertiary alicyclic amines) is 1. The van der Waals surface area contributed by atoms with Crippen molar-refractivity contribution in [2.45, 2.75) is 38.3 Å². The largest absolute Gasteiger partial charge is 0.494 e. The topological polar surface area (TPSA) is 59.0 Å². The minimum atomic E-state index is -0.373. The second-order valence-corrected chi connectivity index (χ2v) is 6.26. The number of nitrogens with zero attached hydrogens (tertiary/aromatic N) is 1. The van der Waals surface area contributed by atoms with Crippen LogP contribution < -0.4 is 4.74 Å². The van der Waals surface area contributed by atoms with Crippen LogP contribution in [0.15, 0.2) is 24.3 Å². The summed E-state index contributed by atoms with van der Waals surface area (Å²) in [5.41, 5.74) is 0.673. The number of benzene rings is 1. The van der Waals surface area contributed by atoms with Crippen molar-refractivity contribution in [3.63, 3.8) is 0 Å². The van der Waals surface area contributed by atoms with Crippen molar-refractivity contribution in [2.24, 2.45) is 5.92 Å². The predicted molar refractivity (Wildman–Crippen MR) is 86.6 cm³/mol. The number of aliphatic hydroxyl groups excluding tert-OH is 1. The van der Waals surface area contributed by atoms with Crippen molar-refractivity contribution in [2.75, 3.05) is 26.4 Å². The van der Waals surface area contributed by atoms with Gasteiger partial charge in [0.15, 0.2) is 0 Å². The molecule has 5 nitrogen and oxygen atoms in total. The van der Waals surface area contributed by atoms with Crippen molar-refractivity contribution >= 4 is 5.91 Å². The Kier molecular flexibility index (Phi) is 5.18. The predicted octanol–water partition coefficient (Wildman–Crippen LogP) is 2.09. The van der Waals surface area contributed by atoms with Crippen LogP contribution >= 0.6 is 0 Å². The van der Waals surface area contributed by atoms with Gasteiger partial charge in [-0.15, -0.1) is 0 Å². The molecule has 0 bridgehead atoms. The molecule has 2 fully saturated rings. The molecule has 0 aromatic heterocycles. The van der Waals surface area contributed by atoms with Crippen molar-refractivity contribution in [3.05, 3.63) is 29.8 Å². The van der Waals surface area contributed by atoms with Crippen molar-refractivity contribution in [1.29, 1.82) is 0 Å². The minimum absolute atomic E-state index is 0.0258. The number of carbonyl (C=O) groups is 1. The lowest BCUT2D eigenvalue weighted by atomic mass is 9.89. The van der Waals surface area contributed by atoms with Crippen LogP contribution in [-0.4, -0.2) is 54.4 Å². The SMILES string of the molecule is CCOc1ccc(C(=O)N2CCCC2C2COCCC2O)cc1. The second-order valence-electron chi connectivity index (χ2n) is 6.26. The Labute approximate surface area is 137 Å². The molecule has 1 amide bonds. The Morgan fingerprint density at radius 3 is 2.83 bits per heavy atom. The zero-order chi connectivity index (χ0) is 16.2. The molecular formula is C18H25NO4. The monoisotopic (exact) mass is 319 g/mol. The molecule has 2 heterocycles. The number of ether oxygens (including phenoxy) is 2. The third-order valence-corrected chi connectivity index (χ3v) is 4.83. The van der Waals surface area contributed by atoms with Crippen LogP contribution in [0.4, 0.5) is 0 Å². The Morgan fingerprint density at radius 1 is 1.35 bits per heavy atom. The smallest absolute Gasteiger partial charge is 0.254 e. The van der Waals surface area contributed by atoms with Crippen molar-refractivity contribution < 1.29 is 19.4 Å². The van der Waals surface area contributed by atoms with Gasteiger partial charge in [0.1, 0.15) is 5.75 Å². The standard InChI is InChI=1S/C18H25NO4/c1-2-23-14-7-5-13(6-8-14)18(21)19-10-3-4-16(19)15-12-22-11-9-17(15)20/h5-8,15-17,20H,2-4,9-12H2,1H3. The minimum Gasteiger partial charge on any atom is -0.494 e. The molecule has 2 aliphatic heterocycles. The molecule has 3 atom stereocenters. The van der Waals surface area contributed by atoms with E-state index in [0.29, 0.717) is 31.8 Å². The van der Waals surface area contributed by atoms with E-state index < -0.39 is 0 Å². The van der Waals surface area contributed by atoms with Crippen LogP contribution in [0.2, 0.25) is 0 Å². The van der Waals surface area contributed by atoms with Gasteiger partial charge in [-0.1, -0.05) is 0 Å². The quantitative estimate of drug-likeness (QED) is 0.923. The van der Waals surface area contributed by atoms with E-state index in [1.807, 2.05) is 36.1 Å². The average molecular weight is 319 g/mol. The van der Waals surface area contributed by atoms with Crippen molar-refractivity contribution in [3.8, 4) is 5.75 Å². The molecule has 1 N–H and O–H groups in total. The Hall–Kier alpha value is -1.59. The molecule has 3 rings (SSSR count). The van der Waals surface area contributed by atoms with E-state index in [1.165, 1.54) is 0 Å². The number of hydrogen-bond acceptors (Lipinski definition) is 4. The molecule has 1 aromatic rings. The first-order chi connectivity index (χ1) is 11.2. The van der Waals surface area contributed by atoms with E-state index in [0.717, 1.165) is 25.1 Å². The van der Waals surface area contributed by atoms with Gasteiger partial charge in [-0.3, -0.25) is 4.79 Å². The van der Waals surface area contributed by atoms with Crippen LogP contribution in [0.1, 0.15) is 36.5 Å². The van der Waals surface area contributed by atoms with E-state index >= 15 is 0 Å². The summed E-state index contributed by atoms with van der Waals surface area (Å²) in [5, 5.41) is 10.3. The molecule has 0 spiro atoms. The summed E-state index contributed by atoms with van der Waals surface area (Å²) in [5.74, 6) is 0.837. The summed E-state index contributed by atoms with van der Waals surface area (Å²) in [4.78, 5) is 14.8. The Bertz CT molecular complexity index is 530. The molecule has 0 saturated carbocycles. The second kappa shape index (κ2) is 7.32. The Balaban J connectivity index is 1.72. The van der Waals surface area contributed by atoms with Gasteiger partial charge >= 0.3 is 0 Å². The van der Waals surface area contributed by atoms with Gasteiger partial charge in [0.25, 0.3) is 5.91 Å². The number of rotatable bonds is 4. The number of aliphatic hydroxyl groups is 1. The first kappa shape index (κ1) is 16.3. The van der Waals surface area contributed by atoms with E-state index in [-0.39, 0.29) is 24.0 Å². The highest BCUT2D eigenvalue weighted by molar-refractivity contribution is 5.94.